The number of hydrogen-bond acceptors (Lipinski definition) is 5. The summed E-state index contributed by atoms with van der Waals surface area (Å²) in [5.41, 5.74) is -0.526. The van der Waals surface area contributed by atoms with Gasteiger partial charge in [-0.2, -0.15) is 5.10 Å². The SMILES string of the molecule is CCN1C(=O)c2cc(C(=O)NCCCOC)nn2C[C@]1(C)C(=O)NC1CCCC1. The van der Waals surface area contributed by atoms with Gasteiger partial charge in [-0.05, 0) is 33.1 Å². The molecule has 0 bridgehead atoms. The number of nitrogens with zero attached hydrogens (tertiary/aromatic N) is 3. The molecular weight excluding hydrogens is 374 g/mol. The molecule has 29 heavy (non-hydrogen) atoms. The molecule has 2 N–H and O–H groups in total. The normalized spacial score (nSPS) is 21.9. The molecule has 2 heterocycles. The second kappa shape index (κ2) is 8.94. The van der Waals surface area contributed by atoms with Crippen molar-refractivity contribution in [2.24, 2.45) is 0 Å². The molecule has 1 atom stereocenters. The first kappa shape index (κ1) is 21.3. The Morgan fingerprint density at radius 1 is 1.34 bits per heavy atom. The van der Waals surface area contributed by atoms with Crippen LogP contribution in [0, 0.1) is 0 Å². The first-order valence-corrected chi connectivity index (χ1v) is 10.4. The predicted octanol–water partition coefficient (Wildman–Crippen LogP) is 0.943. The molecule has 1 saturated carbocycles. The van der Waals surface area contributed by atoms with E-state index in [0.717, 1.165) is 25.7 Å². The number of aromatic nitrogens is 2. The fourth-order valence-corrected chi connectivity index (χ4v) is 4.17. The number of methoxy groups -OCH3 is 1. The lowest BCUT2D eigenvalue weighted by molar-refractivity contribution is -0.133. The lowest BCUT2D eigenvalue weighted by atomic mass is 9.94. The van der Waals surface area contributed by atoms with Crippen LogP contribution in [-0.2, 0) is 16.1 Å². The topological polar surface area (TPSA) is 106 Å². The highest BCUT2D eigenvalue weighted by molar-refractivity contribution is 6.01. The van der Waals surface area contributed by atoms with Crippen LogP contribution in [0.2, 0.25) is 0 Å². The van der Waals surface area contributed by atoms with E-state index in [2.05, 4.69) is 15.7 Å². The average Bonchev–Trinajstić information content (AvgIpc) is 3.35. The van der Waals surface area contributed by atoms with Gasteiger partial charge in [0.1, 0.15) is 11.2 Å². The summed E-state index contributed by atoms with van der Waals surface area (Å²) >= 11 is 0. The molecule has 1 aromatic heterocycles. The second-order valence-corrected chi connectivity index (χ2v) is 7.95. The van der Waals surface area contributed by atoms with Gasteiger partial charge in [0, 0.05) is 38.9 Å². The van der Waals surface area contributed by atoms with Crippen LogP contribution >= 0.6 is 0 Å². The highest BCUT2D eigenvalue weighted by Gasteiger charge is 2.48. The van der Waals surface area contributed by atoms with E-state index in [1.807, 2.05) is 6.92 Å². The van der Waals surface area contributed by atoms with Crippen molar-refractivity contribution >= 4 is 17.7 Å². The van der Waals surface area contributed by atoms with Crippen LogP contribution in [0.1, 0.15) is 66.9 Å². The molecular formula is C20H31N5O4. The van der Waals surface area contributed by atoms with Crippen molar-refractivity contribution in [1.29, 1.82) is 0 Å². The molecule has 0 saturated heterocycles. The summed E-state index contributed by atoms with van der Waals surface area (Å²) in [7, 11) is 1.61. The summed E-state index contributed by atoms with van der Waals surface area (Å²) < 4.78 is 6.46. The fraction of sp³-hybridized carbons (Fsp3) is 0.700. The van der Waals surface area contributed by atoms with E-state index >= 15 is 0 Å². The molecule has 0 unspecified atom stereocenters. The first-order valence-electron chi connectivity index (χ1n) is 10.4. The molecule has 9 heteroatoms. The maximum absolute atomic E-state index is 13.1. The van der Waals surface area contributed by atoms with Crippen molar-refractivity contribution in [3.63, 3.8) is 0 Å². The molecule has 1 aliphatic heterocycles. The van der Waals surface area contributed by atoms with Crippen LogP contribution in [0.25, 0.3) is 0 Å². The minimum atomic E-state index is -1.04. The van der Waals surface area contributed by atoms with Crippen LogP contribution in [0.3, 0.4) is 0 Å². The van der Waals surface area contributed by atoms with Crippen molar-refractivity contribution in [3.05, 3.63) is 17.5 Å². The van der Waals surface area contributed by atoms with Gasteiger partial charge in [-0.1, -0.05) is 12.8 Å². The number of carbonyl (C=O) groups excluding carboxylic acids is 3. The lowest BCUT2D eigenvalue weighted by Gasteiger charge is -2.43. The monoisotopic (exact) mass is 405 g/mol. The first-order chi connectivity index (χ1) is 13.9. The summed E-state index contributed by atoms with van der Waals surface area (Å²) in [5.74, 6) is -0.781. The Hall–Kier alpha value is -2.42. The number of amides is 3. The van der Waals surface area contributed by atoms with E-state index in [0.29, 0.717) is 31.8 Å². The smallest absolute Gasteiger partial charge is 0.273 e. The zero-order valence-electron chi connectivity index (χ0n) is 17.5. The van der Waals surface area contributed by atoms with Gasteiger partial charge >= 0.3 is 0 Å². The Bertz CT molecular complexity index is 771. The fourth-order valence-electron chi connectivity index (χ4n) is 4.17. The average molecular weight is 405 g/mol. The van der Waals surface area contributed by atoms with Crippen molar-refractivity contribution in [2.45, 2.75) is 64.1 Å². The largest absolute Gasteiger partial charge is 0.385 e. The van der Waals surface area contributed by atoms with E-state index in [4.69, 9.17) is 4.74 Å². The second-order valence-electron chi connectivity index (χ2n) is 7.95. The molecule has 160 valence electrons. The Balaban J connectivity index is 1.77. The zero-order chi connectivity index (χ0) is 21.0. The van der Waals surface area contributed by atoms with Crippen LogP contribution in [0.15, 0.2) is 6.07 Å². The third-order valence-corrected chi connectivity index (χ3v) is 5.84. The number of hydrogen-bond donors (Lipinski definition) is 2. The standard InChI is InChI=1S/C20H31N5O4/c1-4-24-18(27)16-12-15(17(26)21-10-7-11-29-3)23-25(16)13-20(24,2)19(28)22-14-8-5-6-9-14/h12,14H,4-11,13H2,1-3H3,(H,21,26)(H,22,28)/t20-/m1/s1. The van der Waals surface area contributed by atoms with E-state index < -0.39 is 5.54 Å². The third kappa shape index (κ3) is 4.29. The maximum Gasteiger partial charge on any atom is 0.273 e. The Kier molecular flexibility index (Phi) is 6.56. The minimum absolute atomic E-state index is 0.161. The number of carbonyl (C=O) groups is 3. The van der Waals surface area contributed by atoms with Gasteiger partial charge < -0.3 is 20.3 Å². The summed E-state index contributed by atoms with van der Waals surface area (Å²) in [6.07, 6.45) is 4.87. The molecule has 0 aromatic carbocycles. The molecule has 1 fully saturated rings. The maximum atomic E-state index is 13.1. The van der Waals surface area contributed by atoms with Crippen LogP contribution < -0.4 is 10.6 Å². The van der Waals surface area contributed by atoms with Gasteiger partial charge in [0.15, 0.2) is 5.69 Å². The summed E-state index contributed by atoms with van der Waals surface area (Å²) in [4.78, 5) is 40.1. The van der Waals surface area contributed by atoms with Crippen LogP contribution in [0.4, 0.5) is 0 Å². The van der Waals surface area contributed by atoms with Gasteiger partial charge in [0.2, 0.25) is 5.91 Å². The quantitative estimate of drug-likeness (QED) is 0.626. The summed E-state index contributed by atoms with van der Waals surface area (Å²) in [5, 5.41) is 10.2. The molecule has 3 rings (SSSR count). The molecule has 0 radical (unpaired) electrons. The van der Waals surface area contributed by atoms with Gasteiger partial charge in [-0.25, -0.2) is 0 Å². The van der Waals surface area contributed by atoms with Gasteiger partial charge in [0.05, 0.1) is 6.54 Å². The van der Waals surface area contributed by atoms with Crippen molar-refractivity contribution in [1.82, 2.24) is 25.3 Å². The van der Waals surface area contributed by atoms with Crippen molar-refractivity contribution in [2.75, 3.05) is 26.8 Å². The molecule has 9 nitrogen and oxygen atoms in total. The molecule has 2 aliphatic rings. The third-order valence-electron chi connectivity index (χ3n) is 5.84. The Labute approximate surface area is 171 Å². The molecule has 1 aromatic rings. The van der Waals surface area contributed by atoms with E-state index in [-0.39, 0.29) is 36.0 Å². The van der Waals surface area contributed by atoms with Crippen molar-refractivity contribution < 1.29 is 19.1 Å². The molecule has 0 spiro atoms. The van der Waals surface area contributed by atoms with Gasteiger partial charge in [-0.3, -0.25) is 19.1 Å². The predicted molar refractivity (Wildman–Crippen MR) is 107 cm³/mol. The highest BCUT2D eigenvalue weighted by Crippen LogP contribution is 2.28. The molecule has 1 aliphatic carbocycles. The van der Waals surface area contributed by atoms with Gasteiger partial charge in [-0.15, -0.1) is 0 Å². The summed E-state index contributed by atoms with van der Waals surface area (Å²) in [6, 6.07) is 1.67. The number of likely N-dealkylation sites (N-methyl/N-ethyl adjacent to an activating group) is 1. The highest BCUT2D eigenvalue weighted by atomic mass is 16.5. The number of ether oxygens (including phenoxy) is 1. The van der Waals surface area contributed by atoms with E-state index in [9.17, 15) is 14.4 Å². The minimum Gasteiger partial charge on any atom is -0.385 e. The van der Waals surface area contributed by atoms with Crippen molar-refractivity contribution in [3.8, 4) is 0 Å². The lowest BCUT2D eigenvalue weighted by Crippen LogP contribution is -2.64. The summed E-state index contributed by atoms with van der Waals surface area (Å²) in [6.45, 7) is 5.26. The molecule has 3 amide bonds. The number of nitrogens with one attached hydrogen (secondary N) is 2. The van der Waals surface area contributed by atoms with Gasteiger partial charge in [0.25, 0.3) is 11.8 Å². The van der Waals surface area contributed by atoms with Crippen LogP contribution in [-0.4, -0.2) is 70.8 Å². The Morgan fingerprint density at radius 2 is 2.07 bits per heavy atom. The van der Waals surface area contributed by atoms with E-state index in [1.165, 1.54) is 10.7 Å². The number of rotatable bonds is 8. The van der Waals surface area contributed by atoms with Crippen LogP contribution in [0.5, 0.6) is 0 Å². The number of fused-ring (bicyclic) bond motifs is 1. The van der Waals surface area contributed by atoms with E-state index in [1.54, 1.807) is 18.9 Å². The Morgan fingerprint density at radius 3 is 2.72 bits per heavy atom. The zero-order valence-corrected chi connectivity index (χ0v) is 17.5.